The number of hydrogen-bond acceptors (Lipinski definition) is 1. The number of para-hydroxylation sites is 2. The van der Waals surface area contributed by atoms with Gasteiger partial charge in [-0.2, -0.15) is 5.10 Å². The standard InChI is InChI=1S/C9H6N3/c1-2-4-8-7(3-1)11-9-5-6-10-12(8)9/h1-6H. The Balaban J connectivity index is 2.34. The molecule has 1 aliphatic rings. The molecule has 12 heavy (non-hydrogen) atoms. The number of rotatable bonds is 0. The second-order valence-corrected chi connectivity index (χ2v) is 2.70. The molecule has 3 heteroatoms. The Morgan fingerprint density at radius 3 is 3.00 bits per heavy atom. The molecule has 0 N–H and O–H groups in total. The molecule has 3 rings (SSSR count). The first kappa shape index (κ1) is 5.83. The molecule has 57 valence electrons. The number of benzene rings is 1. The first-order chi connectivity index (χ1) is 5.95. The Bertz CT molecular complexity index is 431. The van der Waals surface area contributed by atoms with E-state index in [1.807, 2.05) is 35.0 Å². The van der Waals surface area contributed by atoms with Crippen molar-refractivity contribution in [2.75, 3.05) is 0 Å². The zero-order chi connectivity index (χ0) is 7.97. The SMILES string of the molecule is c1ccc2c(c1)[N]c1ccnn1-2. The van der Waals surface area contributed by atoms with Gasteiger partial charge in [0.2, 0.25) is 0 Å². The third-order valence-corrected chi connectivity index (χ3v) is 1.97. The maximum absolute atomic E-state index is 4.38. The smallest absolute Gasteiger partial charge is 0.156 e. The zero-order valence-corrected chi connectivity index (χ0v) is 6.31. The van der Waals surface area contributed by atoms with Gasteiger partial charge in [0.15, 0.2) is 5.82 Å². The third kappa shape index (κ3) is 0.580. The Morgan fingerprint density at radius 2 is 2.00 bits per heavy atom. The van der Waals surface area contributed by atoms with Gasteiger partial charge in [-0.25, -0.2) is 10.00 Å². The van der Waals surface area contributed by atoms with Crippen LogP contribution in [0.1, 0.15) is 0 Å². The topological polar surface area (TPSA) is 31.9 Å². The van der Waals surface area contributed by atoms with Crippen LogP contribution in [-0.4, -0.2) is 9.78 Å². The molecular formula is C9H6N3. The van der Waals surface area contributed by atoms with Crippen molar-refractivity contribution in [3.05, 3.63) is 36.5 Å². The van der Waals surface area contributed by atoms with Crippen molar-refractivity contribution < 1.29 is 0 Å². The molecule has 0 unspecified atom stereocenters. The van der Waals surface area contributed by atoms with Crippen molar-refractivity contribution in [3.8, 4) is 5.69 Å². The third-order valence-electron chi connectivity index (χ3n) is 1.97. The minimum atomic E-state index is 0.913. The minimum absolute atomic E-state index is 0.913. The fraction of sp³-hybridized carbons (Fsp3) is 0. The predicted octanol–water partition coefficient (Wildman–Crippen LogP) is 1.75. The Morgan fingerprint density at radius 1 is 1.08 bits per heavy atom. The first-order valence-corrected chi connectivity index (χ1v) is 3.80. The Labute approximate surface area is 69.6 Å². The van der Waals surface area contributed by atoms with Crippen molar-refractivity contribution in [2.24, 2.45) is 0 Å². The summed E-state index contributed by atoms with van der Waals surface area (Å²) in [5.74, 6) is 0.913. The molecule has 1 radical (unpaired) electrons. The van der Waals surface area contributed by atoms with Gasteiger partial charge in [0.25, 0.3) is 0 Å². The Hall–Kier alpha value is -1.77. The lowest BCUT2D eigenvalue weighted by molar-refractivity contribution is 0.900. The highest BCUT2D eigenvalue weighted by Crippen LogP contribution is 2.32. The summed E-state index contributed by atoms with van der Waals surface area (Å²) in [5.41, 5.74) is 2.07. The highest BCUT2D eigenvalue weighted by molar-refractivity contribution is 5.66. The molecule has 0 saturated carbocycles. The largest absolute Gasteiger partial charge is 0.227 e. The lowest BCUT2D eigenvalue weighted by atomic mass is 10.3. The Kier molecular flexibility index (Phi) is 0.913. The van der Waals surface area contributed by atoms with E-state index in [0.717, 1.165) is 17.2 Å². The summed E-state index contributed by atoms with van der Waals surface area (Å²) in [6, 6.07) is 9.88. The van der Waals surface area contributed by atoms with E-state index in [1.165, 1.54) is 0 Å². The maximum atomic E-state index is 4.38. The fourth-order valence-corrected chi connectivity index (χ4v) is 1.43. The second-order valence-electron chi connectivity index (χ2n) is 2.70. The van der Waals surface area contributed by atoms with Crippen LogP contribution < -0.4 is 5.32 Å². The van der Waals surface area contributed by atoms with Gasteiger partial charge in [-0.1, -0.05) is 12.1 Å². The van der Waals surface area contributed by atoms with E-state index in [-0.39, 0.29) is 0 Å². The van der Waals surface area contributed by atoms with Crippen molar-refractivity contribution in [1.29, 1.82) is 0 Å². The van der Waals surface area contributed by atoms with Crippen LogP contribution in [0.3, 0.4) is 0 Å². The van der Waals surface area contributed by atoms with Gasteiger partial charge in [0, 0.05) is 6.07 Å². The summed E-state index contributed by atoms with van der Waals surface area (Å²) in [5, 5.41) is 8.54. The lowest BCUT2D eigenvalue weighted by Crippen LogP contribution is -1.89. The van der Waals surface area contributed by atoms with E-state index in [2.05, 4.69) is 10.4 Å². The van der Waals surface area contributed by atoms with E-state index in [1.54, 1.807) is 6.20 Å². The van der Waals surface area contributed by atoms with E-state index in [4.69, 9.17) is 0 Å². The van der Waals surface area contributed by atoms with Crippen LogP contribution in [0, 0.1) is 0 Å². The minimum Gasteiger partial charge on any atom is -0.227 e. The van der Waals surface area contributed by atoms with Crippen LogP contribution >= 0.6 is 0 Å². The number of nitrogens with zero attached hydrogens (tertiary/aromatic N) is 3. The van der Waals surface area contributed by atoms with E-state index < -0.39 is 0 Å². The van der Waals surface area contributed by atoms with Crippen LogP contribution in [0.5, 0.6) is 0 Å². The van der Waals surface area contributed by atoms with Gasteiger partial charge >= 0.3 is 0 Å². The van der Waals surface area contributed by atoms with Crippen molar-refractivity contribution in [2.45, 2.75) is 0 Å². The number of hydrogen-bond donors (Lipinski definition) is 0. The quantitative estimate of drug-likeness (QED) is 0.488. The molecule has 3 nitrogen and oxygen atoms in total. The van der Waals surface area contributed by atoms with Crippen LogP contribution in [0.25, 0.3) is 5.69 Å². The maximum Gasteiger partial charge on any atom is 0.156 e. The summed E-state index contributed by atoms with van der Waals surface area (Å²) in [4.78, 5) is 0. The van der Waals surface area contributed by atoms with Crippen LogP contribution in [0.2, 0.25) is 0 Å². The molecule has 0 bridgehead atoms. The highest BCUT2D eigenvalue weighted by atomic mass is 15.4. The molecule has 0 spiro atoms. The van der Waals surface area contributed by atoms with Gasteiger partial charge < -0.3 is 0 Å². The number of fused-ring (bicyclic) bond motifs is 3. The van der Waals surface area contributed by atoms with Gasteiger partial charge in [0.05, 0.1) is 17.6 Å². The van der Waals surface area contributed by atoms with Crippen molar-refractivity contribution in [1.82, 2.24) is 15.1 Å². The van der Waals surface area contributed by atoms with Gasteiger partial charge in [-0.15, -0.1) is 0 Å². The van der Waals surface area contributed by atoms with E-state index in [9.17, 15) is 0 Å². The average Bonchev–Trinajstić information content (AvgIpc) is 2.62. The van der Waals surface area contributed by atoms with E-state index in [0.29, 0.717) is 0 Å². The molecular weight excluding hydrogens is 150 g/mol. The molecule has 0 fully saturated rings. The highest BCUT2D eigenvalue weighted by Gasteiger charge is 2.17. The number of aromatic nitrogens is 2. The second kappa shape index (κ2) is 1.88. The van der Waals surface area contributed by atoms with Crippen LogP contribution in [0.4, 0.5) is 11.5 Å². The molecule has 1 aromatic heterocycles. The predicted molar refractivity (Wildman–Crippen MR) is 45.0 cm³/mol. The fourth-order valence-electron chi connectivity index (χ4n) is 1.43. The van der Waals surface area contributed by atoms with Gasteiger partial charge in [-0.05, 0) is 12.1 Å². The summed E-state index contributed by atoms with van der Waals surface area (Å²) < 4.78 is 1.84. The van der Waals surface area contributed by atoms with Crippen molar-refractivity contribution >= 4 is 11.5 Å². The zero-order valence-electron chi connectivity index (χ0n) is 6.31. The van der Waals surface area contributed by atoms with Gasteiger partial charge in [-0.3, -0.25) is 0 Å². The first-order valence-electron chi connectivity index (χ1n) is 3.80. The monoisotopic (exact) mass is 156 g/mol. The molecule has 2 aromatic rings. The van der Waals surface area contributed by atoms with Crippen LogP contribution in [0.15, 0.2) is 36.5 Å². The normalized spacial score (nSPS) is 12.0. The van der Waals surface area contributed by atoms with E-state index >= 15 is 0 Å². The molecule has 1 aromatic carbocycles. The molecule has 0 saturated heterocycles. The molecule has 1 aliphatic heterocycles. The van der Waals surface area contributed by atoms with Crippen molar-refractivity contribution in [3.63, 3.8) is 0 Å². The summed E-state index contributed by atoms with van der Waals surface area (Å²) in [6.45, 7) is 0. The van der Waals surface area contributed by atoms with Gasteiger partial charge in [0.1, 0.15) is 0 Å². The molecule has 0 aliphatic carbocycles. The summed E-state index contributed by atoms with van der Waals surface area (Å²) in [7, 11) is 0. The molecule has 0 amide bonds. The summed E-state index contributed by atoms with van der Waals surface area (Å²) in [6.07, 6.45) is 1.76. The average molecular weight is 156 g/mol. The molecule has 0 atom stereocenters. The summed E-state index contributed by atoms with van der Waals surface area (Å²) >= 11 is 0. The van der Waals surface area contributed by atoms with Crippen LogP contribution in [-0.2, 0) is 0 Å². The lowest BCUT2D eigenvalue weighted by Gasteiger charge is -1.95. The molecule has 2 heterocycles.